The van der Waals surface area contributed by atoms with E-state index in [0.717, 1.165) is 53.8 Å². The molecule has 0 aliphatic heterocycles. The minimum atomic E-state index is -0.0431. The zero-order chi connectivity index (χ0) is 21.8. The van der Waals surface area contributed by atoms with Crippen LogP contribution in [-0.2, 0) is 0 Å². The number of hydrogen-bond acceptors (Lipinski definition) is 1. The molecule has 4 aliphatic carbocycles. The maximum absolute atomic E-state index is 10.5. The Bertz CT molecular complexity index is 597. The number of aliphatic hydroxyl groups excluding tert-OH is 1. The van der Waals surface area contributed by atoms with E-state index in [1.807, 2.05) is 0 Å². The fraction of sp³-hybridized carbons (Fsp3) is 1.00. The van der Waals surface area contributed by atoms with Crippen LogP contribution in [0.1, 0.15) is 113 Å². The Kier molecular flexibility index (Phi) is 6.47. The summed E-state index contributed by atoms with van der Waals surface area (Å²) in [6.07, 6.45) is 13.9. The Labute approximate surface area is 188 Å². The van der Waals surface area contributed by atoms with Crippen LogP contribution in [0.15, 0.2) is 0 Å². The molecule has 0 heterocycles. The summed E-state index contributed by atoms with van der Waals surface area (Å²) in [5.74, 6) is 7.70. The predicted octanol–water partition coefficient (Wildman–Crippen LogP) is 7.96. The van der Waals surface area contributed by atoms with Crippen LogP contribution < -0.4 is 0 Å². The average Bonchev–Trinajstić information content (AvgIpc) is 3.06. The lowest BCUT2D eigenvalue weighted by Crippen LogP contribution is -2.56. The molecular weight excluding hydrogens is 364 g/mol. The molecule has 0 bridgehead atoms. The molecule has 11 atom stereocenters. The van der Waals surface area contributed by atoms with Crippen LogP contribution in [-0.4, -0.2) is 11.2 Å². The van der Waals surface area contributed by atoms with Crippen molar-refractivity contribution in [3.8, 4) is 0 Å². The van der Waals surface area contributed by atoms with Crippen molar-refractivity contribution >= 4 is 0 Å². The van der Waals surface area contributed by atoms with Crippen LogP contribution in [0.4, 0.5) is 0 Å². The second-order valence-corrected chi connectivity index (χ2v) is 13.5. The Morgan fingerprint density at radius 2 is 1.40 bits per heavy atom. The fourth-order valence-electron chi connectivity index (χ4n) is 9.75. The monoisotopic (exact) mass is 416 g/mol. The molecule has 30 heavy (non-hydrogen) atoms. The maximum atomic E-state index is 10.5. The van der Waals surface area contributed by atoms with Gasteiger partial charge in [-0.1, -0.05) is 61.3 Å². The molecule has 0 aromatic heterocycles. The van der Waals surface area contributed by atoms with E-state index in [-0.39, 0.29) is 6.10 Å². The van der Waals surface area contributed by atoms with Crippen molar-refractivity contribution in [2.45, 2.75) is 119 Å². The quantitative estimate of drug-likeness (QED) is 0.482. The normalized spacial score (nSPS) is 50.5. The Balaban J connectivity index is 1.47. The van der Waals surface area contributed by atoms with Gasteiger partial charge >= 0.3 is 0 Å². The Hall–Kier alpha value is -0.0400. The highest BCUT2D eigenvalue weighted by Crippen LogP contribution is 2.68. The first-order valence-electron chi connectivity index (χ1n) is 13.8. The van der Waals surface area contributed by atoms with E-state index in [2.05, 4.69) is 48.5 Å². The van der Waals surface area contributed by atoms with Crippen molar-refractivity contribution in [1.29, 1.82) is 0 Å². The van der Waals surface area contributed by atoms with Gasteiger partial charge in [0.25, 0.3) is 0 Å². The third-order valence-electron chi connectivity index (χ3n) is 12.1. The lowest BCUT2D eigenvalue weighted by atomic mass is 9.43. The molecule has 0 aromatic carbocycles. The molecule has 4 aliphatic rings. The molecule has 1 nitrogen and oxygen atoms in total. The van der Waals surface area contributed by atoms with Crippen molar-refractivity contribution in [2.75, 3.05) is 0 Å². The van der Waals surface area contributed by atoms with Gasteiger partial charge in [0, 0.05) is 0 Å². The van der Waals surface area contributed by atoms with Crippen LogP contribution in [0.3, 0.4) is 0 Å². The molecular formula is C29H52O. The summed E-state index contributed by atoms with van der Waals surface area (Å²) in [5, 5.41) is 10.5. The lowest BCUT2D eigenvalue weighted by molar-refractivity contribution is -0.149. The van der Waals surface area contributed by atoms with E-state index >= 15 is 0 Å². The first-order chi connectivity index (χ1) is 14.1. The van der Waals surface area contributed by atoms with E-state index < -0.39 is 0 Å². The summed E-state index contributed by atoms with van der Waals surface area (Å²) in [6.45, 7) is 17.6. The number of aliphatic hydroxyl groups is 1. The van der Waals surface area contributed by atoms with Gasteiger partial charge in [0.05, 0.1) is 6.10 Å². The Morgan fingerprint density at radius 3 is 2.10 bits per heavy atom. The van der Waals surface area contributed by atoms with Gasteiger partial charge in [-0.25, -0.2) is 0 Å². The van der Waals surface area contributed by atoms with Crippen LogP contribution in [0.5, 0.6) is 0 Å². The number of hydrogen-bond donors (Lipinski definition) is 1. The molecule has 1 N–H and O–H groups in total. The molecule has 0 amide bonds. The van der Waals surface area contributed by atoms with Gasteiger partial charge in [-0.2, -0.15) is 0 Å². The molecule has 4 rings (SSSR count). The summed E-state index contributed by atoms with van der Waals surface area (Å²) >= 11 is 0. The second kappa shape index (κ2) is 8.39. The highest BCUT2D eigenvalue weighted by atomic mass is 16.3. The third kappa shape index (κ3) is 3.62. The molecule has 4 saturated carbocycles. The molecule has 0 spiro atoms. The largest absolute Gasteiger partial charge is 0.393 e. The topological polar surface area (TPSA) is 20.2 Å². The molecule has 0 saturated heterocycles. The van der Waals surface area contributed by atoms with Gasteiger partial charge < -0.3 is 5.11 Å². The highest BCUT2D eigenvalue weighted by Gasteiger charge is 2.61. The van der Waals surface area contributed by atoms with Gasteiger partial charge in [-0.3, -0.25) is 0 Å². The maximum Gasteiger partial charge on any atom is 0.0568 e. The van der Waals surface area contributed by atoms with Crippen LogP contribution in [0.25, 0.3) is 0 Å². The summed E-state index contributed by atoms with van der Waals surface area (Å²) in [4.78, 5) is 0. The summed E-state index contributed by atoms with van der Waals surface area (Å²) in [5.41, 5.74) is 1.10. The van der Waals surface area contributed by atoms with E-state index in [1.54, 1.807) is 0 Å². The van der Waals surface area contributed by atoms with Gasteiger partial charge in [0.1, 0.15) is 0 Å². The van der Waals surface area contributed by atoms with Gasteiger partial charge in [0.15, 0.2) is 0 Å². The highest BCUT2D eigenvalue weighted by molar-refractivity contribution is 5.10. The standard InChI is InChI=1S/C29H52O/c1-18(2)19(3)8-9-20(4)23-12-13-25-22-10-11-24-21(5)27(30)15-17-29(24,7)26(22)14-16-28(23,25)6/h18-27,30H,8-17H2,1-7H3/t19-,20+,21-,22-,23+,24-,25-,26-,27-,28+,29-/m0/s1. The van der Waals surface area contributed by atoms with Crippen molar-refractivity contribution in [1.82, 2.24) is 0 Å². The fourth-order valence-corrected chi connectivity index (χ4v) is 9.75. The summed E-state index contributed by atoms with van der Waals surface area (Å²) < 4.78 is 0. The number of rotatable bonds is 5. The molecule has 0 unspecified atom stereocenters. The minimum Gasteiger partial charge on any atom is -0.393 e. The molecule has 1 heteroatoms. The third-order valence-corrected chi connectivity index (χ3v) is 12.1. The molecule has 4 fully saturated rings. The van der Waals surface area contributed by atoms with Crippen molar-refractivity contribution < 1.29 is 5.11 Å². The second-order valence-electron chi connectivity index (χ2n) is 13.5. The Morgan fingerprint density at radius 1 is 0.767 bits per heavy atom. The first-order valence-corrected chi connectivity index (χ1v) is 13.8. The smallest absolute Gasteiger partial charge is 0.0568 e. The van der Waals surface area contributed by atoms with Crippen molar-refractivity contribution in [2.24, 2.45) is 64.1 Å². The van der Waals surface area contributed by atoms with Gasteiger partial charge in [-0.15, -0.1) is 0 Å². The van der Waals surface area contributed by atoms with Gasteiger partial charge in [-0.05, 0) is 115 Å². The van der Waals surface area contributed by atoms with E-state index in [4.69, 9.17) is 0 Å². The minimum absolute atomic E-state index is 0.0431. The van der Waals surface area contributed by atoms with E-state index in [1.165, 1.54) is 57.8 Å². The number of fused-ring (bicyclic) bond motifs is 5. The SMILES string of the molecule is CC(C)[C@@H](C)CC[C@@H](C)[C@H]1CC[C@H]2[C@@H]3CC[C@H]4[C@H](C)[C@@H](O)CC[C@]4(C)[C@H]3CC[C@]12C. The zero-order valence-corrected chi connectivity index (χ0v) is 21.3. The van der Waals surface area contributed by atoms with Crippen molar-refractivity contribution in [3.63, 3.8) is 0 Å². The van der Waals surface area contributed by atoms with Crippen LogP contribution >= 0.6 is 0 Å². The zero-order valence-electron chi connectivity index (χ0n) is 21.3. The summed E-state index contributed by atoms with van der Waals surface area (Å²) in [6, 6.07) is 0. The van der Waals surface area contributed by atoms with Crippen molar-refractivity contribution in [3.05, 3.63) is 0 Å². The molecule has 0 aromatic rings. The molecule has 174 valence electrons. The van der Waals surface area contributed by atoms with E-state index in [9.17, 15) is 5.11 Å². The lowest BCUT2D eigenvalue weighted by Gasteiger charge is -2.62. The van der Waals surface area contributed by atoms with Gasteiger partial charge in [0.2, 0.25) is 0 Å². The summed E-state index contributed by atoms with van der Waals surface area (Å²) in [7, 11) is 0. The predicted molar refractivity (Wildman–Crippen MR) is 128 cm³/mol. The van der Waals surface area contributed by atoms with Crippen LogP contribution in [0.2, 0.25) is 0 Å². The average molecular weight is 417 g/mol. The van der Waals surface area contributed by atoms with E-state index in [0.29, 0.717) is 16.7 Å². The van der Waals surface area contributed by atoms with Crippen LogP contribution in [0, 0.1) is 64.1 Å². The molecule has 0 radical (unpaired) electrons. The first kappa shape index (κ1) is 23.1.